The minimum Gasteiger partial charge on any atom is -0.468 e. The molecule has 2 N–H and O–H groups in total. The molecule has 1 aliphatic rings. The van der Waals surface area contributed by atoms with Gasteiger partial charge in [-0.25, -0.2) is 0 Å². The zero-order valence-corrected chi connectivity index (χ0v) is 10.5. The third-order valence-corrected chi connectivity index (χ3v) is 3.63. The van der Waals surface area contributed by atoms with Crippen molar-refractivity contribution in [2.45, 2.75) is 24.3 Å². The van der Waals surface area contributed by atoms with E-state index in [4.69, 9.17) is 15.2 Å². The number of carbonyl (C=O) groups is 1. The standard InChI is InChI=1S/C10H19NO4S/c1-7-9(15-3-4-16-7)6-14-5-8(11)10(12)13-2/h7-9H,3-6,11H2,1-2H3. The molecule has 1 saturated heterocycles. The van der Waals surface area contributed by atoms with Gasteiger partial charge in [0.1, 0.15) is 6.04 Å². The highest BCUT2D eigenvalue weighted by molar-refractivity contribution is 8.00. The molecule has 1 aliphatic heterocycles. The predicted octanol–water partition coefficient (Wildman–Crippen LogP) is 0.0238. The molecule has 0 radical (unpaired) electrons. The van der Waals surface area contributed by atoms with Gasteiger partial charge >= 0.3 is 5.97 Å². The Kier molecular flexibility index (Phi) is 6.12. The summed E-state index contributed by atoms with van der Waals surface area (Å²) in [6, 6.07) is -0.712. The van der Waals surface area contributed by atoms with Gasteiger partial charge in [0.05, 0.1) is 33.0 Å². The van der Waals surface area contributed by atoms with E-state index in [-0.39, 0.29) is 12.7 Å². The second kappa shape index (κ2) is 7.11. The molecule has 6 heteroatoms. The van der Waals surface area contributed by atoms with Crippen LogP contribution in [0.25, 0.3) is 0 Å². The fourth-order valence-corrected chi connectivity index (χ4v) is 2.33. The van der Waals surface area contributed by atoms with E-state index in [1.54, 1.807) is 0 Å². The summed E-state index contributed by atoms with van der Waals surface area (Å²) >= 11 is 1.87. The first-order chi connectivity index (χ1) is 7.65. The fraction of sp³-hybridized carbons (Fsp3) is 0.900. The van der Waals surface area contributed by atoms with E-state index in [0.717, 1.165) is 12.4 Å². The second-order valence-electron chi connectivity index (χ2n) is 3.65. The van der Waals surface area contributed by atoms with Crippen LogP contribution in [0, 0.1) is 0 Å². The number of methoxy groups -OCH3 is 1. The number of hydrogen-bond donors (Lipinski definition) is 1. The molecule has 0 spiro atoms. The normalized spacial score (nSPS) is 27.4. The molecule has 1 rings (SSSR count). The quantitative estimate of drug-likeness (QED) is 0.693. The summed E-state index contributed by atoms with van der Waals surface area (Å²) in [5.41, 5.74) is 5.53. The lowest BCUT2D eigenvalue weighted by Crippen LogP contribution is -2.39. The number of carbonyl (C=O) groups excluding carboxylic acids is 1. The molecule has 0 aromatic heterocycles. The monoisotopic (exact) mass is 249 g/mol. The van der Waals surface area contributed by atoms with E-state index in [9.17, 15) is 4.79 Å². The van der Waals surface area contributed by atoms with Crippen molar-refractivity contribution in [3.05, 3.63) is 0 Å². The van der Waals surface area contributed by atoms with Crippen molar-refractivity contribution in [1.82, 2.24) is 0 Å². The maximum atomic E-state index is 11.0. The van der Waals surface area contributed by atoms with Gasteiger partial charge in [-0.15, -0.1) is 0 Å². The molecule has 1 heterocycles. The Labute approximate surface area is 100.0 Å². The highest BCUT2D eigenvalue weighted by atomic mass is 32.2. The van der Waals surface area contributed by atoms with E-state index >= 15 is 0 Å². The molecule has 0 aromatic rings. The van der Waals surface area contributed by atoms with Crippen molar-refractivity contribution in [2.75, 3.05) is 32.7 Å². The number of nitrogens with two attached hydrogens (primary N) is 1. The summed E-state index contributed by atoms with van der Waals surface area (Å²) in [5, 5.41) is 0.420. The Morgan fingerprint density at radius 1 is 1.69 bits per heavy atom. The molecule has 94 valence electrons. The van der Waals surface area contributed by atoms with Gasteiger partial charge in [-0.05, 0) is 0 Å². The molecule has 3 atom stereocenters. The lowest BCUT2D eigenvalue weighted by molar-refractivity contribution is -0.144. The van der Waals surface area contributed by atoms with Gasteiger partial charge in [-0.3, -0.25) is 4.79 Å². The Morgan fingerprint density at radius 3 is 3.06 bits per heavy atom. The van der Waals surface area contributed by atoms with Gasteiger partial charge in [0.2, 0.25) is 0 Å². The number of hydrogen-bond acceptors (Lipinski definition) is 6. The third-order valence-electron chi connectivity index (χ3n) is 2.40. The molecule has 5 nitrogen and oxygen atoms in total. The number of rotatable bonds is 5. The van der Waals surface area contributed by atoms with Crippen molar-refractivity contribution in [2.24, 2.45) is 5.73 Å². The van der Waals surface area contributed by atoms with Crippen molar-refractivity contribution < 1.29 is 19.0 Å². The maximum Gasteiger partial charge on any atom is 0.325 e. The predicted molar refractivity (Wildman–Crippen MR) is 62.5 cm³/mol. The van der Waals surface area contributed by atoms with Crippen LogP contribution in [0.2, 0.25) is 0 Å². The molecule has 3 unspecified atom stereocenters. The van der Waals surface area contributed by atoms with Gasteiger partial charge in [0, 0.05) is 11.0 Å². The van der Waals surface area contributed by atoms with Crippen LogP contribution in [0.15, 0.2) is 0 Å². The topological polar surface area (TPSA) is 70.8 Å². The zero-order chi connectivity index (χ0) is 12.0. The number of esters is 1. The largest absolute Gasteiger partial charge is 0.468 e. The Balaban J connectivity index is 2.16. The first-order valence-electron chi connectivity index (χ1n) is 5.29. The van der Waals surface area contributed by atoms with Crippen molar-refractivity contribution in [1.29, 1.82) is 0 Å². The minimum atomic E-state index is -0.712. The summed E-state index contributed by atoms with van der Waals surface area (Å²) < 4.78 is 15.4. The summed E-state index contributed by atoms with van der Waals surface area (Å²) in [7, 11) is 1.31. The molecular weight excluding hydrogens is 230 g/mol. The van der Waals surface area contributed by atoms with Crippen LogP contribution < -0.4 is 5.73 Å². The molecule has 0 aromatic carbocycles. The van der Waals surface area contributed by atoms with Crippen LogP contribution in [-0.4, -0.2) is 56.0 Å². The Bertz CT molecular complexity index is 227. The first kappa shape index (κ1) is 13.8. The van der Waals surface area contributed by atoms with Crippen LogP contribution in [0.5, 0.6) is 0 Å². The summed E-state index contributed by atoms with van der Waals surface area (Å²) in [6.07, 6.45) is 0.0867. The number of ether oxygens (including phenoxy) is 3. The van der Waals surface area contributed by atoms with Gasteiger partial charge in [-0.1, -0.05) is 6.92 Å². The van der Waals surface area contributed by atoms with E-state index in [0.29, 0.717) is 11.9 Å². The van der Waals surface area contributed by atoms with Crippen molar-refractivity contribution in [3.63, 3.8) is 0 Å². The van der Waals surface area contributed by atoms with Crippen molar-refractivity contribution >= 4 is 17.7 Å². The molecule has 0 bridgehead atoms. The molecule has 0 amide bonds. The summed E-state index contributed by atoms with van der Waals surface area (Å²) in [5.74, 6) is 0.575. The highest BCUT2D eigenvalue weighted by Crippen LogP contribution is 2.21. The first-order valence-corrected chi connectivity index (χ1v) is 6.34. The zero-order valence-electron chi connectivity index (χ0n) is 9.68. The molecule has 0 saturated carbocycles. The van der Waals surface area contributed by atoms with Gasteiger partial charge in [0.15, 0.2) is 0 Å². The highest BCUT2D eigenvalue weighted by Gasteiger charge is 2.23. The summed E-state index contributed by atoms with van der Waals surface area (Å²) in [4.78, 5) is 11.0. The van der Waals surface area contributed by atoms with Crippen LogP contribution in [-0.2, 0) is 19.0 Å². The van der Waals surface area contributed by atoms with E-state index in [1.807, 2.05) is 11.8 Å². The van der Waals surface area contributed by atoms with Gasteiger partial charge in [-0.2, -0.15) is 11.8 Å². The molecule has 16 heavy (non-hydrogen) atoms. The minimum absolute atomic E-state index is 0.0867. The third kappa shape index (κ3) is 4.29. The lowest BCUT2D eigenvalue weighted by Gasteiger charge is -2.28. The maximum absolute atomic E-state index is 11.0. The second-order valence-corrected chi connectivity index (χ2v) is 5.14. The van der Waals surface area contributed by atoms with E-state index < -0.39 is 12.0 Å². The van der Waals surface area contributed by atoms with Crippen LogP contribution >= 0.6 is 11.8 Å². The van der Waals surface area contributed by atoms with E-state index in [1.165, 1.54) is 7.11 Å². The Hall–Kier alpha value is -0.300. The smallest absolute Gasteiger partial charge is 0.325 e. The number of thioether (sulfide) groups is 1. The van der Waals surface area contributed by atoms with Crippen LogP contribution in [0.1, 0.15) is 6.92 Å². The van der Waals surface area contributed by atoms with Gasteiger partial charge < -0.3 is 19.9 Å². The average Bonchev–Trinajstić information content (AvgIpc) is 2.30. The summed E-state index contributed by atoms with van der Waals surface area (Å²) in [6.45, 7) is 3.51. The lowest BCUT2D eigenvalue weighted by atomic mass is 10.3. The SMILES string of the molecule is COC(=O)C(N)COCC1OCCSC1C. The van der Waals surface area contributed by atoms with Crippen LogP contribution in [0.3, 0.4) is 0 Å². The molecular formula is C10H19NO4S. The van der Waals surface area contributed by atoms with Crippen molar-refractivity contribution in [3.8, 4) is 0 Å². The van der Waals surface area contributed by atoms with Gasteiger partial charge in [0.25, 0.3) is 0 Å². The van der Waals surface area contributed by atoms with Crippen LogP contribution in [0.4, 0.5) is 0 Å². The Morgan fingerprint density at radius 2 is 2.44 bits per heavy atom. The fourth-order valence-electron chi connectivity index (χ4n) is 1.39. The van der Waals surface area contributed by atoms with E-state index in [2.05, 4.69) is 11.7 Å². The molecule has 1 fully saturated rings. The average molecular weight is 249 g/mol. The molecule has 0 aliphatic carbocycles.